The Hall–Kier alpha value is -3.88. The summed E-state index contributed by atoms with van der Waals surface area (Å²) in [5.41, 5.74) is 3.71. The lowest BCUT2D eigenvalue weighted by Gasteiger charge is -2.19. The van der Waals surface area contributed by atoms with Gasteiger partial charge in [0.05, 0.1) is 24.3 Å². The van der Waals surface area contributed by atoms with Crippen molar-refractivity contribution in [2.45, 2.75) is 32.0 Å². The molecule has 0 spiro atoms. The number of carboxylic acid groups (broad SMARTS) is 2. The predicted octanol–water partition coefficient (Wildman–Crippen LogP) is 5.10. The molecular formula is C29H28O8. The first kappa shape index (κ1) is 24.8. The zero-order chi connectivity index (χ0) is 26.1. The number of aromatic carboxylic acids is 2. The molecule has 2 unspecified atom stereocenters. The van der Waals surface area contributed by atoms with Crippen molar-refractivity contribution < 1.29 is 38.7 Å². The Morgan fingerprint density at radius 1 is 0.784 bits per heavy atom. The zero-order valence-electron chi connectivity index (χ0n) is 20.6. The van der Waals surface area contributed by atoms with Crippen molar-refractivity contribution in [2.24, 2.45) is 0 Å². The average molecular weight is 505 g/mol. The number of carboxylic acids is 2. The second-order valence-corrected chi connectivity index (χ2v) is 9.51. The van der Waals surface area contributed by atoms with E-state index in [0.717, 1.165) is 11.1 Å². The molecule has 0 amide bonds. The molecule has 37 heavy (non-hydrogen) atoms. The van der Waals surface area contributed by atoms with Crippen LogP contribution < -0.4 is 9.47 Å². The van der Waals surface area contributed by atoms with Crippen LogP contribution in [0.15, 0.2) is 54.6 Å². The summed E-state index contributed by atoms with van der Waals surface area (Å²) in [4.78, 5) is 24.1. The van der Waals surface area contributed by atoms with E-state index in [-0.39, 0.29) is 29.3 Å². The fourth-order valence-electron chi connectivity index (χ4n) is 4.22. The van der Waals surface area contributed by atoms with Gasteiger partial charge in [0.2, 0.25) is 0 Å². The Morgan fingerprint density at radius 2 is 1.30 bits per heavy atom. The second kappa shape index (κ2) is 10.2. The van der Waals surface area contributed by atoms with Crippen molar-refractivity contribution >= 4 is 11.9 Å². The summed E-state index contributed by atoms with van der Waals surface area (Å²) >= 11 is 0. The quantitative estimate of drug-likeness (QED) is 0.347. The minimum atomic E-state index is -1.04. The van der Waals surface area contributed by atoms with E-state index in [0.29, 0.717) is 54.6 Å². The smallest absolute Gasteiger partial charge is 0.336 e. The fraction of sp³-hybridized carbons (Fsp3) is 0.310. The van der Waals surface area contributed by atoms with E-state index < -0.39 is 11.9 Å². The summed E-state index contributed by atoms with van der Waals surface area (Å²) in [6.07, 6.45) is 0.155. The molecule has 2 fully saturated rings. The monoisotopic (exact) mass is 504 g/mol. The molecule has 0 bridgehead atoms. The number of rotatable bonds is 11. The highest BCUT2D eigenvalue weighted by Crippen LogP contribution is 2.38. The Balaban J connectivity index is 1.56. The van der Waals surface area contributed by atoms with E-state index in [1.165, 1.54) is 6.07 Å². The molecule has 0 saturated carbocycles. The van der Waals surface area contributed by atoms with Gasteiger partial charge in [-0.2, -0.15) is 0 Å². The van der Waals surface area contributed by atoms with E-state index in [2.05, 4.69) is 0 Å². The summed E-state index contributed by atoms with van der Waals surface area (Å²) in [6.45, 7) is 6.18. The van der Waals surface area contributed by atoms with Gasteiger partial charge in [-0.25, -0.2) is 9.59 Å². The summed E-state index contributed by atoms with van der Waals surface area (Å²) in [7, 11) is 0. The van der Waals surface area contributed by atoms with Crippen LogP contribution in [0.1, 0.15) is 46.0 Å². The van der Waals surface area contributed by atoms with Crippen molar-refractivity contribution in [3.05, 3.63) is 71.3 Å². The third-order valence-corrected chi connectivity index (χ3v) is 6.39. The fourth-order valence-corrected chi connectivity index (χ4v) is 4.22. The number of benzene rings is 3. The normalized spacial score (nSPS) is 17.9. The van der Waals surface area contributed by atoms with Crippen molar-refractivity contribution in [1.82, 2.24) is 0 Å². The summed E-state index contributed by atoms with van der Waals surface area (Å²) < 4.78 is 22.0. The molecule has 2 N–H and O–H groups in total. The molecule has 2 saturated heterocycles. The van der Waals surface area contributed by atoms with Gasteiger partial charge in [-0.1, -0.05) is 32.0 Å². The molecule has 5 rings (SSSR count). The third kappa shape index (κ3) is 5.76. The van der Waals surface area contributed by atoms with E-state index >= 15 is 0 Å². The predicted molar refractivity (Wildman–Crippen MR) is 136 cm³/mol. The van der Waals surface area contributed by atoms with Crippen LogP contribution in [0.4, 0.5) is 0 Å². The highest BCUT2D eigenvalue weighted by molar-refractivity contribution is 5.99. The summed E-state index contributed by atoms with van der Waals surface area (Å²) in [5.74, 6) is -0.931. The maximum Gasteiger partial charge on any atom is 0.336 e. The SMILES string of the molecule is CC(C)c1cc(-c2cc(OCC3CO3)ccc2C(=O)O)ccc1-c1cc(OCC2CO2)ccc1C(=O)O. The average Bonchev–Trinajstić information content (AvgIpc) is 3.81. The third-order valence-electron chi connectivity index (χ3n) is 6.39. The van der Waals surface area contributed by atoms with Gasteiger partial charge in [0.15, 0.2) is 0 Å². The van der Waals surface area contributed by atoms with Crippen LogP contribution in [0.5, 0.6) is 11.5 Å². The Labute approximate surface area is 214 Å². The summed E-state index contributed by atoms with van der Waals surface area (Å²) in [6, 6.07) is 15.4. The van der Waals surface area contributed by atoms with Crippen LogP contribution >= 0.6 is 0 Å². The standard InChI is InChI=1S/C29H28O8/c1-16(2)25-9-17(26-10-18(34-12-20-14-36-20)4-7-23(26)28(30)31)3-6-22(25)27-11-19(35-13-21-15-37-21)5-8-24(27)29(32)33/h3-11,16,20-21H,12-15H2,1-2H3,(H,30,31)(H,32,33). The zero-order valence-corrected chi connectivity index (χ0v) is 20.6. The molecule has 3 aromatic rings. The minimum Gasteiger partial charge on any atom is -0.491 e. The van der Waals surface area contributed by atoms with Crippen LogP contribution in [0.3, 0.4) is 0 Å². The molecule has 8 heteroatoms. The van der Waals surface area contributed by atoms with Crippen LogP contribution in [0.25, 0.3) is 22.3 Å². The van der Waals surface area contributed by atoms with Gasteiger partial charge in [0, 0.05) is 5.56 Å². The Morgan fingerprint density at radius 3 is 1.78 bits per heavy atom. The molecule has 2 heterocycles. The molecule has 0 aliphatic carbocycles. The minimum absolute atomic E-state index is 0.0285. The molecule has 192 valence electrons. The van der Waals surface area contributed by atoms with Gasteiger partial charge in [-0.05, 0) is 64.6 Å². The molecule has 8 nitrogen and oxygen atoms in total. The van der Waals surface area contributed by atoms with Gasteiger partial charge in [0.1, 0.15) is 36.9 Å². The molecule has 2 atom stereocenters. The van der Waals surface area contributed by atoms with Crippen LogP contribution in [0, 0.1) is 0 Å². The Bertz CT molecular complexity index is 1340. The van der Waals surface area contributed by atoms with Gasteiger partial charge >= 0.3 is 11.9 Å². The number of hydrogen-bond acceptors (Lipinski definition) is 6. The molecule has 2 aliphatic rings. The number of epoxide rings is 2. The molecular weight excluding hydrogens is 476 g/mol. The second-order valence-electron chi connectivity index (χ2n) is 9.51. The van der Waals surface area contributed by atoms with Crippen LogP contribution in [-0.4, -0.2) is 60.8 Å². The van der Waals surface area contributed by atoms with E-state index in [1.54, 1.807) is 30.3 Å². The summed E-state index contributed by atoms with van der Waals surface area (Å²) in [5, 5.41) is 19.7. The lowest BCUT2D eigenvalue weighted by atomic mass is 9.86. The van der Waals surface area contributed by atoms with Gasteiger partial charge in [0.25, 0.3) is 0 Å². The van der Waals surface area contributed by atoms with Crippen molar-refractivity contribution in [3.63, 3.8) is 0 Å². The van der Waals surface area contributed by atoms with Gasteiger partial charge < -0.3 is 29.2 Å². The first-order chi connectivity index (χ1) is 17.8. The van der Waals surface area contributed by atoms with Crippen LogP contribution in [-0.2, 0) is 9.47 Å². The molecule has 3 aromatic carbocycles. The van der Waals surface area contributed by atoms with Crippen molar-refractivity contribution in [1.29, 1.82) is 0 Å². The van der Waals surface area contributed by atoms with Crippen molar-refractivity contribution in [3.8, 4) is 33.8 Å². The lowest BCUT2D eigenvalue weighted by molar-refractivity contribution is 0.0686. The van der Waals surface area contributed by atoms with Gasteiger partial charge in [-0.3, -0.25) is 0 Å². The largest absolute Gasteiger partial charge is 0.491 e. The first-order valence-corrected chi connectivity index (χ1v) is 12.2. The maximum absolute atomic E-state index is 12.1. The van der Waals surface area contributed by atoms with Crippen molar-refractivity contribution in [2.75, 3.05) is 26.4 Å². The highest BCUT2D eigenvalue weighted by atomic mass is 16.6. The number of ether oxygens (including phenoxy) is 4. The lowest BCUT2D eigenvalue weighted by Crippen LogP contribution is -2.07. The maximum atomic E-state index is 12.1. The van der Waals surface area contributed by atoms with Gasteiger partial charge in [-0.15, -0.1) is 0 Å². The van der Waals surface area contributed by atoms with E-state index in [1.807, 2.05) is 32.0 Å². The molecule has 0 aromatic heterocycles. The molecule has 2 aliphatic heterocycles. The Kier molecular flexibility index (Phi) is 6.86. The number of hydrogen-bond donors (Lipinski definition) is 2. The van der Waals surface area contributed by atoms with E-state index in [4.69, 9.17) is 18.9 Å². The number of carbonyl (C=O) groups is 2. The molecule has 0 radical (unpaired) electrons. The van der Waals surface area contributed by atoms with E-state index in [9.17, 15) is 19.8 Å². The topological polar surface area (TPSA) is 118 Å². The first-order valence-electron chi connectivity index (χ1n) is 12.2. The highest BCUT2D eigenvalue weighted by Gasteiger charge is 2.25. The van der Waals surface area contributed by atoms with Crippen LogP contribution in [0.2, 0.25) is 0 Å².